The fourth-order valence-corrected chi connectivity index (χ4v) is 1.71. The highest BCUT2D eigenvalue weighted by molar-refractivity contribution is 6.02. The average Bonchev–Trinajstić information content (AvgIpc) is 2.29. The third kappa shape index (κ3) is 3.28. The second-order valence-corrected chi connectivity index (χ2v) is 3.71. The zero-order chi connectivity index (χ0) is 12.8. The molecule has 17 heavy (non-hydrogen) atoms. The van der Waals surface area contributed by atoms with Crippen LogP contribution in [0, 0.1) is 17.2 Å². The van der Waals surface area contributed by atoms with E-state index in [1.54, 1.807) is 13.0 Å². The molecule has 0 saturated carbocycles. The first-order chi connectivity index (χ1) is 8.10. The summed E-state index contributed by atoms with van der Waals surface area (Å²) >= 11 is 0. The van der Waals surface area contributed by atoms with Gasteiger partial charge in [0.25, 0.3) is 0 Å². The lowest BCUT2D eigenvalue weighted by molar-refractivity contribution is -0.155. The molecule has 0 spiro atoms. The van der Waals surface area contributed by atoms with Crippen LogP contribution in [-0.2, 0) is 19.1 Å². The first-order valence-corrected chi connectivity index (χ1v) is 5.44. The molecule has 6 nitrogen and oxygen atoms in total. The highest BCUT2D eigenvalue weighted by Crippen LogP contribution is 2.16. The molecule has 1 atom stereocenters. The lowest BCUT2D eigenvalue weighted by atomic mass is 9.95. The van der Waals surface area contributed by atoms with E-state index in [9.17, 15) is 14.4 Å². The van der Waals surface area contributed by atoms with Crippen molar-refractivity contribution in [1.82, 2.24) is 4.90 Å². The number of amides is 1. The minimum Gasteiger partial charge on any atom is -0.465 e. The maximum atomic E-state index is 11.7. The predicted molar refractivity (Wildman–Crippen MR) is 56.6 cm³/mol. The summed E-state index contributed by atoms with van der Waals surface area (Å²) in [4.78, 5) is 35.8. The maximum absolute atomic E-state index is 11.7. The number of carbonyl (C=O) groups is 3. The van der Waals surface area contributed by atoms with E-state index in [0.717, 1.165) is 0 Å². The number of rotatable bonds is 3. The molecule has 0 radical (unpaired) electrons. The van der Waals surface area contributed by atoms with E-state index in [4.69, 9.17) is 10.00 Å². The Hall–Kier alpha value is -1.90. The first-order valence-electron chi connectivity index (χ1n) is 5.44. The molecule has 1 rings (SSSR count). The molecule has 0 aromatic heterocycles. The fraction of sp³-hybridized carbons (Fsp3) is 0.636. The van der Waals surface area contributed by atoms with Crippen molar-refractivity contribution in [1.29, 1.82) is 5.26 Å². The maximum Gasteiger partial charge on any atom is 0.316 e. The minimum atomic E-state index is -0.763. The van der Waals surface area contributed by atoms with Crippen LogP contribution in [0.25, 0.3) is 0 Å². The van der Waals surface area contributed by atoms with Crippen LogP contribution >= 0.6 is 0 Å². The van der Waals surface area contributed by atoms with E-state index in [1.165, 1.54) is 4.90 Å². The molecule has 1 fully saturated rings. The van der Waals surface area contributed by atoms with Gasteiger partial charge in [-0.05, 0) is 13.3 Å². The van der Waals surface area contributed by atoms with Crippen LogP contribution < -0.4 is 0 Å². The number of ether oxygens (including phenoxy) is 1. The Morgan fingerprint density at radius 3 is 2.82 bits per heavy atom. The number of hydrogen-bond acceptors (Lipinski definition) is 5. The number of esters is 1. The average molecular weight is 238 g/mol. The number of Topliss-reactive ketones (excluding diaryl/α,β-unsaturated/α-hetero) is 1. The van der Waals surface area contributed by atoms with Gasteiger partial charge in [0.2, 0.25) is 5.91 Å². The second-order valence-electron chi connectivity index (χ2n) is 3.71. The molecule has 0 N–H and O–H groups in total. The first kappa shape index (κ1) is 13.2. The van der Waals surface area contributed by atoms with Crippen molar-refractivity contribution < 1.29 is 19.1 Å². The predicted octanol–water partition coefficient (Wildman–Crippen LogP) is -0.119. The van der Waals surface area contributed by atoms with Crippen molar-refractivity contribution in [3.8, 4) is 6.07 Å². The van der Waals surface area contributed by atoms with E-state index >= 15 is 0 Å². The molecule has 0 aromatic carbocycles. The molecule has 0 bridgehead atoms. The normalized spacial score (nSPS) is 19.6. The fourth-order valence-electron chi connectivity index (χ4n) is 1.71. The number of piperidine rings is 1. The zero-order valence-electron chi connectivity index (χ0n) is 9.64. The van der Waals surface area contributed by atoms with Crippen molar-refractivity contribution in [3.05, 3.63) is 0 Å². The summed E-state index contributed by atoms with van der Waals surface area (Å²) in [5, 5.41) is 8.39. The van der Waals surface area contributed by atoms with Crippen molar-refractivity contribution >= 4 is 17.7 Å². The molecular formula is C11H14N2O4. The van der Waals surface area contributed by atoms with Crippen LogP contribution in [0.2, 0.25) is 0 Å². The SMILES string of the molecule is CCOC(=O)C1CCN(C(=O)CC#N)CC1=O. The highest BCUT2D eigenvalue weighted by atomic mass is 16.5. The summed E-state index contributed by atoms with van der Waals surface area (Å²) in [6.07, 6.45) is 0.0339. The smallest absolute Gasteiger partial charge is 0.316 e. The van der Waals surface area contributed by atoms with Crippen LogP contribution in [0.4, 0.5) is 0 Å². The Morgan fingerprint density at radius 1 is 1.59 bits per heavy atom. The lowest BCUT2D eigenvalue weighted by Gasteiger charge is -2.29. The second kappa shape index (κ2) is 5.99. The molecule has 1 amide bonds. The molecule has 0 aromatic rings. The number of carbonyl (C=O) groups excluding carboxylic acids is 3. The lowest BCUT2D eigenvalue weighted by Crippen LogP contribution is -2.46. The number of likely N-dealkylation sites (tertiary alicyclic amines) is 1. The Kier molecular flexibility index (Phi) is 4.64. The van der Waals surface area contributed by atoms with E-state index in [0.29, 0.717) is 6.54 Å². The summed E-state index contributed by atoms with van der Waals surface area (Å²) in [5.74, 6) is -1.98. The zero-order valence-corrected chi connectivity index (χ0v) is 9.64. The van der Waals surface area contributed by atoms with Crippen molar-refractivity contribution in [3.63, 3.8) is 0 Å². The molecule has 1 heterocycles. The van der Waals surface area contributed by atoms with Gasteiger partial charge in [0.1, 0.15) is 12.3 Å². The molecule has 0 aliphatic carbocycles. The third-order valence-electron chi connectivity index (χ3n) is 2.58. The number of ketones is 1. The Labute approximate surface area is 99.1 Å². The summed E-state index contributed by atoms with van der Waals surface area (Å²) in [6.45, 7) is 2.12. The van der Waals surface area contributed by atoms with Gasteiger partial charge >= 0.3 is 5.97 Å². The van der Waals surface area contributed by atoms with Crippen molar-refractivity contribution in [2.45, 2.75) is 19.8 Å². The summed E-state index contributed by atoms with van der Waals surface area (Å²) in [6, 6.07) is 1.74. The van der Waals surface area contributed by atoms with Crippen LogP contribution in [0.3, 0.4) is 0 Å². The van der Waals surface area contributed by atoms with Gasteiger partial charge in [0.15, 0.2) is 5.78 Å². The number of nitriles is 1. The van der Waals surface area contributed by atoms with Gasteiger partial charge in [-0.25, -0.2) is 0 Å². The van der Waals surface area contributed by atoms with Gasteiger partial charge in [-0.3, -0.25) is 14.4 Å². The number of nitrogens with zero attached hydrogens (tertiary/aromatic N) is 2. The molecule has 1 saturated heterocycles. The topological polar surface area (TPSA) is 87.5 Å². The standard InChI is InChI=1S/C11H14N2O4/c1-2-17-11(16)8-4-6-13(7-9(8)14)10(15)3-5-12/h8H,2-4,6-7H2,1H3. The van der Waals surface area contributed by atoms with Gasteiger partial charge in [-0.2, -0.15) is 5.26 Å². The summed E-state index contributed by atoms with van der Waals surface area (Å²) in [5.41, 5.74) is 0. The van der Waals surface area contributed by atoms with Crippen LogP contribution in [0.15, 0.2) is 0 Å². The molecule has 92 valence electrons. The van der Waals surface area contributed by atoms with Gasteiger partial charge in [-0.15, -0.1) is 0 Å². The molecule has 6 heteroatoms. The number of hydrogen-bond donors (Lipinski definition) is 0. The van der Waals surface area contributed by atoms with E-state index in [1.807, 2.05) is 0 Å². The van der Waals surface area contributed by atoms with E-state index in [2.05, 4.69) is 0 Å². The van der Waals surface area contributed by atoms with Crippen LogP contribution in [-0.4, -0.2) is 42.3 Å². The quantitative estimate of drug-likeness (QED) is 0.505. The van der Waals surface area contributed by atoms with E-state index < -0.39 is 11.9 Å². The molecule has 1 aliphatic rings. The van der Waals surface area contributed by atoms with Gasteiger partial charge in [0, 0.05) is 6.54 Å². The Balaban J connectivity index is 2.56. The van der Waals surface area contributed by atoms with Gasteiger partial charge in [-0.1, -0.05) is 0 Å². The molecule has 1 unspecified atom stereocenters. The Bertz CT molecular complexity index is 372. The van der Waals surface area contributed by atoms with Crippen molar-refractivity contribution in [2.24, 2.45) is 5.92 Å². The third-order valence-corrected chi connectivity index (χ3v) is 2.58. The molecule has 1 aliphatic heterocycles. The van der Waals surface area contributed by atoms with Gasteiger partial charge in [0.05, 0.1) is 19.2 Å². The van der Waals surface area contributed by atoms with Crippen LogP contribution in [0.5, 0.6) is 0 Å². The minimum absolute atomic E-state index is 0.107. The van der Waals surface area contributed by atoms with Gasteiger partial charge < -0.3 is 9.64 Å². The van der Waals surface area contributed by atoms with Crippen LogP contribution in [0.1, 0.15) is 19.8 Å². The summed E-state index contributed by atoms with van der Waals surface area (Å²) in [7, 11) is 0. The summed E-state index contributed by atoms with van der Waals surface area (Å²) < 4.78 is 4.78. The largest absolute Gasteiger partial charge is 0.465 e. The monoisotopic (exact) mass is 238 g/mol. The highest BCUT2D eigenvalue weighted by Gasteiger charge is 2.34. The van der Waals surface area contributed by atoms with Crippen molar-refractivity contribution in [2.75, 3.05) is 19.7 Å². The molecular weight excluding hydrogens is 224 g/mol. The van der Waals surface area contributed by atoms with E-state index in [-0.39, 0.29) is 37.7 Å². The Morgan fingerprint density at radius 2 is 2.29 bits per heavy atom.